The number of fused-ring (bicyclic) bond motifs is 8. The number of hydrogen-bond donors (Lipinski definition) is 1. The van der Waals surface area contributed by atoms with Crippen molar-refractivity contribution < 1.29 is 0 Å². The molecule has 2 aliphatic rings. The van der Waals surface area contributed by atoms with Gasteiger partial charge in [-0.2, -0.15) is 0 Å². The van der Waals surface area contributed by atoms with Crippen molar-refractivity contribution in [1.29, 1.82) is 0 Å². The van der Waals surface area contributed by atoms with Crippen LogP contribution in [0, 0.1) is 0 Å². The third kappa shape index (κ3) is 5.71. The fraction of sp³-hybridized carbons (Fsp3) is 0.120. The number of allylic oxidation sites excluding steroid dienone is 2. The molecule has 0 amide bonds. The summed E-state index contributed by atoms with van der Waals surface area (Å²) in [5.41, 5.74) is 20.0. The summed E-state index contributed by atoms with van der Waals surface area (Å²) in [5.74, 6) is 0. The van der Waals surface area contributed by atoms with Crippen molar-refractivity contribution in [3.8, 4) is 39.1 Å². The molecule has 1 N–H and O–H groups in total. The van der Waals surface area contributed by atoms with Crippen molar-refractivity contribution in [2.24, 2.45) is 0 Å². The molecule has 2 aliphatic heterocycles. The average Bonchev–Trinajstić information content (AvgIpc) is 4.02. The normalized spacial score (nSPS) is 12.4. The summed E-state index contributed by atoms with van der Waals surface area (Å²) in [6, 6.07) is 52.2. The number of rotatable bonds is 7. The molecule has 0 radical (unpaired) electrons. The lowest BCUT2D eigenvalue weighted by Gasteiger charge is -2.15. The van der Waals surface area contributed by atoms with Crippen LogP contribution in [0.3, 0.4) is 0 Å². The van der Waals surface area contributed by atoms with E-state index in [0.717, 1.165) is 103 Å². The Morgan fingerprint density at radius 1 is 0.500 bits per heavy atom. The number of nitrogens with zero attached hydrogens (tertiary/aromatic N) is 3. The van der Waals surface area contributed by atoms with E-state index >= 15 is 0 Å². The number of H-pyrrole nitrogens is 1. The van der Waals surface area contributed by atoms with Crippen LogP contribution in [-0.4, -0.2) is 19.5 Å². The van der Waals surface area contributed by atoms with E-state index in [9.17, 15) is 0 Å². The molecule has 3 aromatic heterocycles. The zero-order valence-electron chi connectivity index (χ0n) is 31.0. The van der Waals surface area contributed by atoms with Gasteiger partial charge in [0.1, 0.15) is 0 Å². The summed E-state index contributed by atoms with van der Waals surface area (Å²) >= 11 is 0. The molecule has 7 aromatic rings. The predicted molar refractivity (Wildman–Crippen MR) is 228 cm³/mol. The van der Waals surface area contributed by atoms with Crippen molar-refractivity contribution in [2.75, 3.05) is 0 Å². The molecule has 4 aromatic carbocycles. The van der Waals surface area contributed by atoms with Gasteiger partial charge >= 0.3 is 0 Å². The standard InChI is InChI=1S/C50H42N4/c1-4-40-41(5-2)49-47(35-23-15-9-16-24-35)50-46(34-21-13-8-14-22-34)45(33-19-11-7-12-20-33)44(54(50)39-25-17-10-18-26-39)32-38-28-27-36(51-38)31-37-29-30-43(52-37)42(6-3)48(40)53-49/h7-32,52H,4-6H2,1-3H3. The second-order valence-electron chi connectivity index (χ2n) is 13.8. The largest absolute Gasteiger partial charge is 0.355 e. The van der Waals surface area contributed by atoms with E-state index in [4.69, 9.17) is 9.97 Å². The molecule has 0 saturated heterocycles. The molecule has 0 saturated carbocycles. The summed E-state index contributed by atoms with van der Waals surface area (Å²) in [6.07, 6.45) is 6.83. The Bertz CT molecular complexity index is 2730. The minimum Gasteiger partial charge on any atom is -0.355 e. The lowest BCUT2D eigenvalue weighted by Crippen LogP contribution is -1.98. The Balaban J connectivity index is 1.66. The van der Waals surface area contributed by atoms with Crippen LogP contribution in [0.2, 0.25) is 0 Å². The highest BCUT2D eigenvalue weighted by molar-refractivity contribution is 6.12. The first-order chi connectivity index (χ1) is 26.7. The maximum absolute atomic E-state index is 5.80. The van der Waals surface area contributed by atoms with Gasteiger partial charge in [0.25, 0.3) is 0 Å². The van der Waals surface area contributed by atoms with Gasteiger partial charge in [-0.1, -0.05) is 130 Å². The van der Waals surface area contributed by atoms with E-state index < -0.39 is 0 Å². The van der Waals surface area contributed by atoms with E-state index in [0.29, 0.717) is 0 Å². The topological polar surface area (TPSA) is 46.5 Å². The van der Waals surface area contributed by atoms with Crippen LogP contribution in [0.5, 0.6) is 0 Å². The highest BCUT2D eigenvalue weighted by Crippen LogP contribution is 2.49. The monoisotopic (exact) mass is 698 g/mol. The van der Waals surface area contributed by atoms with Gasteiger partial charge in [0.05, 0.1) is 33.8 Å². The zero-order chi connectivity index (χ0) is 36.6. The highest BCUT2D eigenvalue weighted by atomic mass is 15.0. The van der Waals surface area contributed by atoms with E-state index in [2.05, 4.69) is 188 Å². The van der Waals surface area contributed by atoms with Gasteiger partial charge in [-0.15, -0.1) is 0 Å². The first-order valence-corrected chi connectivity index (χ1v) is 19.1. The van der Waals surface area contributed by atoms with Gasteiger partial charge < -0.3 is 9.55 Å². The molecule has 5 heterocycles. The number of aryl methyl sites for hydroxylation is 1. The van der Waals surface area contributed by atoms with Crippen LogP contribution in [0.25, 0.3) is 84.4 Å². The van der Waals surface area contributed by atoms with Crippen molar-refractivity contribution in [2.45, 2.75) is 40.0 Å². The van der Waals surface area contributed by atoms with Gasteiger partial charge in [0.2, 0.25) is 0 Å². The van der Waals surface area contributed by atoms with Crippen molar-refractivity contribution >= 4 is 45.4 Å². The third-order valence-electron chi connectivity index (χ3n) is 10.7. The molecule has 4 heteroatoms. The Morgan fingerprint density at radius 2 is 1.04 bits per heavy atom. The number of benzene rings is 4. The van der Waals surface area contributed by atoms with E-state index in [1.807, 2.05) is 0 Å². The third-order valence-corrected chi connectivity index (χ3v) is 10.7. The van der Waals surface area contributed by atoms with Crippen LogP contribution in [-0.2, 0) is 6.42 Å². The molecule has 0 aliphatic carbocycles. The zero-order valence-corrected chi connectivity index (χ0v) is 31.0. The van der Waals surface area contributed by atoms with Crippen LogP contribution >= 0.6 is 0 Å². The average molecular weight is 699 g/mol. The fourth-order valence-corrected chi connectivity index (χ4v) is 8.35. The smallest absolute Gasteiger partial charge is 0.0772 e. The number of para-hydroxylation sites is 1. The molecule has 54 heavy (non-hydrogen) atoms. The SMILES string of the molecule is CCC1=C(CC)c2nc1c(CC)c1ccc(cc3nc(cc4c(-c5ccccc5)c(-c5ccccc5)c(c2-c2ccccc2)n4-c2ccccc2)C=C3)[nH]1. The first-order valence-electron chi connectivity index (χ1n) is 19.1. The Labute approximate surface area is 316 Å². The molecule has 8 bridgehead atoms. The second-order valence-corrected chi connectivity index (χ2v) is 13.8. The van der Waals surface area contributed by atoms with E-state index in [-0.39, 0.29) is 0 Å². The number of aromatic nitrogens is 4. The van der Waals surface area contributed by atoms with Crippen LogP contribution in [0.15, 0.2) is 146 Å². The minimum atomic E-state index is 0.846. The Kier molecular flexibility index (Phi) is 8.72. The van der Waals surface area contributed by atoms with Gasteiger partial charge in [0, 0.05) is 39.0 Å². The highest BCUT2D eigenvalue weighted by Gasteiger charge is 2.29. The molecule has 4 nitrogen and oxygen atoms in total. The van der Waals surface area contributed by atoms with Gasteiger partial charge in [-0.05, 0) is 95.6 Å². The fourth-order valence-electron chi connectivity index (χ4n) is 8.35. The van der Waals surface area contributed by atoms with Crippen molar-refractivity contribution in [1.82, 2.24) is 19.5 Å². The summed E-state index contributed by atoms with van der Waals surface area (Å²) < 4.78 is 2.47. The second kappa shape index (κ2) is 14.1. The van der Waals surface area contributed by atoms with Crippen molar-refractivity contribution in [3.63, 3.8) is 0 Å². The lowest BCUT2D eigenvalue weighted by molar-refractivity contribution is 1.09. The Hall–Kier alpha value is -6.52. The minimum absolute atomic E-state index is 0.846. The van der Waals surface area contributed by atoms with E-state index in [1.54, 1.807) is 0 Å². The number of hydrogen-bond acceptors (Lipinski definition) is 2. The van der Waals surface area contributed by atoms with Crippen molar-refractivity contribution in [3.05, 3.63) is 174 Å². The molecular weight excluding hydrogens is 657 g/mol. The van der Waals surface area contributed by atoms with E-state index in [1.165, 1.54) is 16.7 Å². The molecule has 0 atom stereocenters. The van der Waals surface area contributed by atoms with Crippen LogP contribution in [0.4, 0.5) is 0 Å². The number of aromatic amines is 1. The molecule has 0 spiro atoms. The maximum Gasteiger partial charge on any atom is 0.0772 e. The quantitative estimate of drug-likeness (QED) is 0.180. The summed E-state index contributed by atoms with van der Waals surface area (Å²) in [5, 5.41) is 0. The van der Waals surface area contributed by atoms with Gasteiger partial charge in [-0.25, -0.2) is 9.97 Å². The predicted octanol–water partition coefficient (Wildman–Crippen LogP) is 13.2. The maximum atomic E-state index is 5.80. The molecule has 0 unspecified atom stereocenters. The summed E-state index contributed by atoms with van der Waals surface area (Å²) in [4.78, 5) is 14.7. The first kappa shape index (κ1) is 33.3. The summed E-state index contributed by atoms with van der Waals surface area (Å²) in [7, 11) is 0. The summed E-state index contributed by atoms with van der Waals surface area (Å²) in [6.45, 7) is 6.80. The van der Waals surface area contributed by atoms with Crippen LogP contribution in [0.1, 0.15) is 62.0 Å². The number of nitrogens with one attached hydrogen (secondary N) is 1. The molecular formula is C50H42N4. The molecule has 9 rings (SSSR count). The molecule has 0 fully saturated rings. The van der Waals surface area contributed by atoms with Crippen LogP contribution < -0.4 is 0 Å². The lowest BCUT2D eigenvalue weighted by atomic mass is 9.90. The van der Waals surface area contributed by atoms with Gasteiger partial charge in [-0.3, -0.25) is 0 Å². The van der Waals surface area contributed by atoms with Gasteiger partial charge in [0.15, 0.2) is 0 Å². The molecule has 262 valence electrons. The Morgan fingerprint density at radius 3 is 1.63 bits per heavy atom.